The molecule has 132 valence electrons. The van der Waals surface area contributed by atoms with Crippen molar-refractivity contribution in [3.05, 3.63) is 69.8 Å². The first-order valence-corrected chi connectivity index (χ1v) is 9.99. The second-order valence-corrected chi connectivity index (χ2v) is 7.93. The highest BCUT2D eigenvalue weighted by Gasteiger charge is 2.45. The van der Waals surface area contributed by atoms with Gasteiger partial charge < -0.3 is 0 Å². The lowest BCUT2D eigenvalue weighted by atomic mass is 10.1. The maximum Gasteiger partial charge on any atom is 0.483 e. The number of rotatable bonds is 8. The quantitative estimate of drug-likeness (QED) is 0.211. The van der Waals surface area contributed by atoms with Crippen molar-refractivity contribution >= 4 is 30.9 Å². The van der Waals surface area contributed by atoms with Crippen LogP contribution in [0.1, 0.15) is 22.3 Å². The first kappa shape index (κ1) is 19.5. The van der Waals surface area contributed by atoms with Crippen LogP contribution in [0.2, 0.25) is 0 Å². The highest BCUT2D eigenvalue weighted by atomic mass is 32.2. The molecular formula is C16H17NO6PS+. The molecule has 2 rings (SSSR count). The highest BCUT2D eigenvalue weighted by molar-refractivity contribution is 7.99. The van der Waals surface area contributed by atoms with Gasteiger partial charge in [-0.05, 0) is 30.2 Å². The fourth-order valence-electron chi connectivity index (χ4n) is 2.19. The summed E-state index contributed by atoms with van der Waals surface area (Å²) >= 11 is 1.27. The third-order valence-electron chi connectivity index (χ3n) is 3.39. The van der Waals surface area contributed by atoms with Gasteiger partial charge in [-0.15, -0.1) is 11.8 Å². The molecule has 0 saturated carbocycles. The van der Waals surface area contributed by atoms with Crippen LogP contribution >= 0.6 is 19.7 Å². The van der Waals surface area contributed by atoms with Gasteiger partial charge in [0.25, 0.3) is 5.69 Å². The Balaban J connectivity index is 2.10. The number of carbonyl (C=O) groups is 1. The predicted octanol–water partition coefficient (Wildman–Crippen LogP) is 3.20. The molecule has 2 aromatic rings. The van der Waals surface area contributed by atoms with Gasteiger partial charge in [-0.2, -0.15) is 14.7 Å². The minimum absolute atomic E-state index is 0.250. The van der Waals surface area contributed by atoms with E-state index < -0.39 is 18.4 Å². The molecule has 0 aliphatic heterocycles. The second kappa shape index (κ2) is 8.51. The Labute approximate surface area is 149 Å². The summed E-state index contributed by atoms with van der Waals surface area (Å²) in [7, 11) is -4.77. The predicted molar refractivity (Wildman–Crippen MR) is 96.5 cm³/mol. The largest absolute Gasteiger partial charge is 0.483 e. The summed E-state index contributed by atoms with van der Waals surface area (Å²) in [5, 5.41) is 10.9. The smallest absolute Gasteiger partial charge is 0.258 e. The summed E-state index contributed by atoms with van der Waals surface area (Å²) in [5.41, 5.74) is -0.721. The van der Waals surface area contributed by atoms with Crippen LogP contribution < -0.4 is 0 Å². The van der Waals surface area contributed by atoms with Crippen molar-refractivity contribution in [3.8, 4) is 0 Å². The van der Waals surface area contributed by atoms with E-state index in [1.807, 2.05) is 30.3 Å². The summed E-state index contributed by atoms with van der Waals surface area (Å²) in [6, 6.07) is 13.4. The molecule has 0 amide bonds. The van der Waals surface area contributed by atoms with Gasteiger partial charge in [-0.25, -0.2) is 4.79 Å². The SMILES string of the molecule is O=C(c1cc([N+](=O)[O-])ccc1SCCCc1ccccc1)[P+](O)(O)O. The maximum absolute atomic E-state index is 12.0. The van der Waals surface area contributed by atoms with Crippen molar-refractivity contribution in [2.24, 2.45) is 0 Å². The van der Waals surface area contributed by atoms with Crippen molar-refractivity contribution in [3.63, 3.8) is 0 Å². The summed E-state index contributed by atoms with van der Waals surface area (Å²) in [6.45, 7) is 0. The van der Waals surface area contributed by atoms with E-state index in [2.05, 4.69) is 0 Å². The van der Waals surface area contributed by atoms with Crippen LogP contribution in [0.3, 0.4) is 0 Å². The zero-order valence-electron chi connectivity index (χ0n) is 13.1. The molecular weight excluding hydrogens is 365 g/mol. The minimum atomic E-state index is -4.77. The molecule has 9 heteroatoms. The second-order valence-electron chi connectivity index (χ2n) is 5.25. The number of nitro groups is 1. The van der Waals surface area contributed by atoms with Crippen LogP contribution in [-0.2, 0) is 6.42 Å². The van der Waals surface area contributed by atoms with Crippen molar-refractivity contribution in [2.75, 3.05) is 5.75 Å². The number of non-ortho nitro benzene ring substituents is 1. The Bertz CT molecular complexity index is 763. The summed E-state index contributed by atoms with van der Waals surface area (Å²) < 4.78 is 0. The van der Waals surface area contributed by atoms with Crippen molar-refractivity contribution in [1.82, 2.24) is 0 Å². The standard InChI is InChI=1S/C16H17NO6PS/c18-16(24(21,22)23)14-11-13(17(19)20)8-9-15(14)25-10-4-7-12-5-2-1-3-6-12/h1-3,5-6,8-9,11,21-23H,4,7,10H2/q+1. The lowest BCUT2D eigenvalue weighted by Crippen LogP contribution is -2.08. The number of hydrogen-bond acceptors (Lipinski definition) is 7. The third kappa shape index (κ3) is 5.59. The number of thioether (sulfide) groups is 1. The molecule has 2 aromatic carbocycles. The molecule has 3 N–H and O–H groups in total. The fourth-order valence-corrected chi connectivity index (χ4v) is 3.75. The van der Waals surface area contributed by atoms with Gasteiger partial charge in [0.1, 0.15) is 0 Å². The zero-order valence-corrected chi connectivity index (χ0v) is 14.8. The van der Waals surface area contributed by atoms with Gasteiger partial charge in [0.2, 0.25) is 0 Å². The summed E-state index contributed by atoms with van der Waals surface area (Å²) in [5.74, 6) is 0.626. The highest BCUT2D eigenvalue weighted by Crippen LogP contribution is 2.49. The topological polar surface area (TPSA) is 121 Å². The molecule has 0 aliphatic carbocycles. The Morgan fingerprint density at radius 1 is 1.12 bits per heavy atom. The van der Waals surface area contributed by atoms with E-state index >= 15 is 0 Å². The van der Waals surface area contributed by atoms with Crippen LogP contribution in [-0.4, -0.2) is 30.9 Å². The first-order valence-electron chi connectivity index (χ1n) is 7.36. The van der Waals surface area contributed by atoms with Crippen molar-refractivity contribution < 1.29 is 24.4 Å². The first-order chi connectivity index (χ1) is 11.8. The number of carbonyl (C=O) groups excluding carboxylic acids is 1. The van der Waals surface area contributed by atoms with Gasteiger partial charge in [-0.1, -0.05) is 30.3 Å². The molecule has 0 radical (unpaired) electrons. The molecule has 7 nitrogen and oxygen atoms in total. The van der Waals surface area contributed by atoms with Crippen molar-refractivity contribution in [2.45, 2.75) is 17.7 Å². The molecule has 0 bridgehead atoms. The van der Waals surface area contributed by atoms with E-state index in [0.29, 0.717) is 10.6 Å². The molecule has 0 saturated heterocycles. The number of aryl methyl sites for hydroxylation is 1. The molecule has 0 atom stereocenters. The average molecular weight is 382 g/mol. The lowest BCUT2D eigenvalue weighted by molar-refractivity contribution is -0.384. The maximum atomic E-state index is 12.0. The molecule has 0 aromatic heterocycles. The van der Waals surface area contributed by atoms with Crippen LogP contribution in [0.15, 0.2) is 53.4 Å². The van der Waals surface area contributed by atoms with Crippen LogP contribution in [0.25, 0.3) is 0 Å². The van der Waals surface area contributed by atoms with E-state index in [1.165, 1.54) is 29.5 Å². The minimum Gasteiger partial charge on any atom is -0.258 e. The van der Waals surface area contributed by atoms with Crippen LogP contribution in [0.5, 0.6) is 0 Å². The molecule has 0 fully saturated rings. The number of benzene rings is 2. The molecule has 0 unspecified atom stereocenters. The van der Waals surface area contributed by atoms with E-state index in [0.717, 1.165) is 18.9 Å². The van der Waals surface area contributed by atoms with Crippen molar-refractivity contribution in [1.29, 1.82) is 0 Å². The van der Waals surface area contributed by atoms with Gasteiger partial charge in [0.15, 0.2) is 0 Å². The van der Waals surface area contributed by atoms with Gasteiger partial charge in [0.05, 0.1) is 10.5 Å². The monoisotopic (exact) mass is 382 g/mol. The molecule has 0 spiro atoms. The van der Waals surface area contributed by atoms with Gasteiger partial charge in [-0.3, -0.25) is 10.1 Å². The fraction of sp³-hybridized carbons (Fsp3) is 0.188. The Morgan fingerprint density at radius 3 is 2.40 bits per heavy atom. The van der Waals surface area contributed by atoms with Crippen LogP contribution in [0.4, 0.5) is 5.69 Å². The third-order valence-corrected chi connectivity index (χ3v) is 5.33. The van der Waals surface area contributed by atoms with E-state index in [-0.39, 0.29) is 11.3 Å². The van der Waals surface area contributed by atoms with Crippen LogP contribution in [0, 0.1) is 10.1 Å². The Kier molecular flexibility index (Phi) is 6.64. The average Bonchev–Trinajstić information content (AvgIpc) is 2.58. The summed E-state index contributed by atoms with van der Waals surface area (Å²) in [4.78, 5) is 50.1. The molecule has 0 aliphatic rings. The zero-order chi connectivity index (χ0) is 18.4. The Morgan fingerprint density at radius 2 is 1.80 bits per heavy atom. The van der Waals surface area contributed by atoms with Gasteiger partial charge >= 0.3 is 13.5 Å². The molecule has 0 heterocycles. The Hall–Kier alpha value is -1.83. The normalized spacial score (nSPS) is 11.3. The van der Waals surface area contributed by atoms with Gasteiger partial charge in [0, 0.05) is 17.0 Å². The van der Waals surface area contributed by atoms with E-state index in [1.54, 1.807) is 0 Å². The van der Waals surface area contributed by atoms with E-state index in [9.17, 15) is 29.6 Å². The number of nitro benzene ring substituents is 1. The lowest BCUT2D eigenvalue weighted by Gasteiger charge is -2.08. The van der Waals surface area contributed by atoms with E-state index in [4.69, 9.17) is 0 Å². The number of hydrogen-bond donors (Lipinski definition) is 3. The number of nitrogens with zero attached hydrogens (tertiary/aromatic N) is 1. The molecule has 25 heavy (non-hydrogen) atoms. The summed E-state index contributed by atoms with van der Waals surface area (Å²) in [6.07, 6.45) is 1.64.